The van der Waals surface area contributed by atoms with Crippen LogP contribution in [0.25, 0.3) is 0 Å². The molecule has 5 heteroatoms. The molecular weight excluding hydrogens is 290 g/mol. The Hall–Kier alpha value is -2.56. The summed E-state index contributed by atoms with van der Waals surface area (Å²) < 4.78 is 5.64. The van der Waals surface area contributed by atoms with Gasteiger partial charge in [-0.05, 0) is 55.7 Å². The van der Waals surface area contributed by atoms with Crippen LogP contribution in [-0.2, 0) is 0 Å². The van der Waals surface area contributed by atoms with E-state index >= 15 is 0 Å². The summed E-state index contributed by atoms with van der Waals surface area (Å²) in [5.74, 6) is 1.14. The van der Waals surface area contributed by atoms with E-state index in [9.17, 15) is 4.79 Å². The summed E-state index contributed by atoms with van der Waals surface area (Å²) in [7, 11) is 0. The molecule has 23 heavy (non-hydrogen) atoms. The van der Waals surface area contributed by atoms with E-state index in [1.165, 1.54) is 0 Å². The van der Waals surface area contributed by atoms with Crippen LogP contribution in [0.5, 0.6) is 5.75 Å². The molecule has 0 unspecified atom stereocenters. The van der Waals surface area contributed by atoms with Gasteiger partial charge in [0.1, 0.15) is 5.75 Å². The molecular formula is C18H23N3O2. The van der Waals surface area contributed by atoms with Crippen molar-refractivity contribution >= 4 is 11.6 Å². The number of aromatic amines is 1. The number of rotatable bonds is 7. The first-order valence-electron chi connectivity index (χ1n) is 7.77. The van der Waals surface area contributed by atoms with Crippen LogP contribution < -0.4 is 10.2 Å². The lowest BCUT2D eigenvalue weighted by molar-refractivity contribution is 0.0955. The fourth-order valence-corrected chi connectivity index (χ4v) is 1.93. The maximum Gasteiger partial charge on any atom is 0.271 e. The van der Waals surface area contributed by atoms with E-state index in [1.54, 1.807) is 24.3 Å². The number of carbonyl (C=O) groups excluding carboxylic acids is 1. The minimum Gasteiger partial charge on any atom is -0.494 e. The number of amides is 1. The molecule has 0 fully saturated rings. The lowest BCUT2D eigenvalue weighted by atomic mass is 10.1. The number of carbonyl (C=O) groups is 1. The van der Waals surface area contributed by atoms with Gasteiger partial charge in [-0.2, -0.15) is 5.10 Å². The normalized spacial score (nSPS) is 11.6. The van der Waals surface area contributed by atoms with E-state index in [1.807, 2.05) is 25.3 Å². The van der Waals surface area contributed by atoms with Gasteiger partial charge in [-0.3, -0.25) is 4.79 Å². The Morgan fingerprint density at radius 1 is 1.26 bits per heavy atom. The molecule has 1 aromatic carbocycles. The van der Waals surface area contributed by atoms with Crippen molar-refractivity contribution in [2.45, 2.75) is 27.2 Å². The monoisotopic (exact) mass is 313 g/mol. The zero-order valence-corrected chi connectivity index (χ0v) is 13.8. The Labute approximate surface area is 136 Å². The largest absolute Gasteiger partial charge is 0.494 e. The summed E-state index contributed by atoms with van der Waals surface area (Å²) in [6.45, 7) is 6.83. The van der Waals surface area contributed by atoms with Crippen LogP contribution in [0.3, 0.4) is 0 Å². The number of nitrogens with zero attached hydrogens (tertiary/aromatic N) is 1. The third-order valence-corrected chi connectivity index (χ3v) is 3.39. The molecule has 0 saturated heterocycles. The topological polar surface area (TPSA) is 66.5 Å². The average molecular weight is 313 g/mol. The predicted molar refractivity (Wildman–Crippen MR) is 91.9 cm³/mol. The highest BCUT2D eigenvalue weighted by molar-refractivity contribution is 5.99. The van der Waals surface area contributed by atoms with Crippen molar-refractivity contribution in [2.24, 2.45) is 11.0 Å². The van der Waals surface area contributed by atoms with Gasteiger partial charge in [0.05, 0.1) is 18.0 Å². The lowest BCUT2D eigenvalue weighted by Crippen LogP contribution is -2.19. The van der Waals surface area contributed by atoms with Gasteiger partial charge in [-0.1, -0.05) is 13.8 Å². The third-order valence-electron chi connectivity index (χ3n) is 3.39. The van der Waals surface area contributed by atoms with Crippen LogP contribution in [0.15, 0.2) is 47.7 Å². The number of benzene rings is 1. The van der Waals surface area contributed by atoms with E-state index in [0.29, 0.717) is 18.1 Å². The van der Waals surface area contributed by atoms with Crippen LogP contribution >= 0.6 is 0 Å². The second kappa shape index (κ2) is 8.17. The van der Waals surface area contributed by atoms with Crippen molar-refractivity contribution in [2.75, 3.05) is 6.61 Å². The molecule has 0 bridgehead atoms. The Morgan fingerprint density at radius 3 is 2.61 bits per heavy atom. The summed E-state index contributed by atoms with van der Waals surface area (Å²) in [4.78, 5) is 15.1. The van der Waals surface area contributed by atoms with Crippen molar-refractivity contribution < 1.29 is 9.53 Å². The smallest absolute Gasteiger partial charge is 0.271 e. The summed E-state index contributed by atoms with van der Waals surface area (Å²) in [5, 5.41) is 4.09. The maximum atomic E-state index is 12.1. The number of aromatic nitrogens is 1. The van der Waals surface area contributed by atoms with Crippen LogP contribution in [0, 0.1) is 5.92 Å². The van der Waals surface area contributed by atoms with Crippen LogP contribution in [-0.4, -0.2) is 23.2 Å². The van der Waals surface area contributed by atoms with Crippen LogP contribution in [0.2, 0.25) is 0 Å². The fourth-order valence-electron chi connectivity index (χ4n) is 1.93. The van der Waals surface area contributed by atoms with Gasteiger partial charge in [0.2, 0.25) is 0 Å². The lowest BCUT2D eigenvalue weighted by Gasteiger charge is -2.08. The maximum absolute atomic E-state index is 12.1. The van der Waals surface area contributed by atoms with Gasteiger partial charge in [0.25, 0.3) is 5.91 Å². The average Bonchev–Trinajstić information content (AvgIpc) is 3.07. The van der Waals surface area contributed by atoms with Crippen molar-refractivity contribution in [1.29, 1.82) is 0 Å². The standard InChI is InChI=1S/C18H23N3O2/c1-13(2)10-12-23-16-8-6-15(7-9-16)18(22)21-20-14(3)17-5-4-11-19-17/h4-9,11,13,19H,10,12H2,1-3H3,(H,21,22)/b20-14+. The Balaban J connectivity index is 1.89. The second-order valence-electron chi connectivity index (χ2n) is 5.78. The predicted octanol–water partition coefficient (Wildman–Crippen LogP) is 3.59. The molecule has 1 amide bonds. The second-order valence-corrected chi connectivity index (χ2v) is 5.78. The van der Waals surface area contributed by atoms with Gasteiger partial charge in [-0.25, -0.2) is 5.43 Å². The Bertz CT molecular complexity index is 643. The first-order valence-corrected chi connectivity index (χ1v) is 7.77. The number of ether oxygens (including phenoxy) is 1. The molecule has 0 atom stereocenters. The number of hydrazone groups is 1. The third kappa shape index (κ3) is 5.29. The van der Waals surface area contributed by atoms with E-state index in [2.05, 4.69) is 29.4 Å². The number of H-pyrrole nitrogens is 1. The van der Waals surface area contributed by atoms with Gasteiger partial charge in [-0.15, -0.1) is 0 Å². The number of nitrogens with one attached hydrogen (secondary N) is 2. The number of hydrogen-bond acceptors (Lipinski definition) is 3. The first kappa shape index (κ1) is 16.8. The molecule has 1 heterocycles. The van der Waals surface area contributed by atoms with E-state index in [0.717, 1.165) is 23.6 Å². The minimum atomic E-state index is -0.246. The van der Waals surface area contributed by atoms with Gasteiger partial charge in [0.15, 0.2) is 0 Å². The van der Waals surface area contributed by atoms with Gasteiger partial charge in [0, 0.05) is 11.8 Å². The molecule has 1 aromatic heterocycles. The van der Waals surface area contributed by atoms with Gasteiger partial charge < -0.3 is 9.72 Å². The summed E-state index contributed by atoms with van der Waals surface area (Å²) in [6, 6.07) is 10.9. The van der Waals surface area contributed by atoms with E-state index in [-0.39, 0.29) is 5.91 Å². The van der Waals surface area contributed by atoms with Crippen molar-refractivity contribution in [3.05, 3.63) is 53.9 Å². The molecule has 0 aliphatic rings. The highest BCUT2D eigenvalue weighted by atomic mass is 16.5. The Morgan fingerprint density at radius 2 is 2.00 bits per heavy atom. The van der Waals surface area contributed by atoms with Crippen LogP contribution in [0.4, 0.5) is 0 Å². The molecule has 2 N–H and O–H groups in total. The summed E-state index contributed by atoms with van der Waals surface area (Å²) >= 11 is 0. The summed E-state index contributed by atoms with van der Waals surface area (Å²) in [6.07, 6.45) is 2.82. The van der Waals surface area contributed by atoms with E-state index in [4.69, 9.17) is 4.74 Å². The molecule has 2 rings (SSSR count). The molecule has 122 valence electrons. The quantitative estimate of drug-likeness (QED) is 0.606. The van der Waals surface area contributed by atoms with E-state index < -0.39 is 0 Å². The van der Waals surface area contributed by atoms with Crippen molar-refractivity contribution in [1.82, 2.24) is 10.4 Å². The molecule has 5 nitrogen and oxygen atoms in total. The zero-order chi connectivity index (χ0) is 16.7. The molecule has 0 spiro atoms. The van der Waals surface area contributed by atoms with Gasteiger partial charge >= 0.3 is 0 Å². The van der Waals surface area contributed by atoms with Crippen LogP contribution in [0.1, 0.15) is 43.2 Å². The molecule has 2 aromatic rings. The Kier molecular flexibility index (Phi) is 5.97. The van der Waals surface area contributed by atoms with Crippen molar-refractivity contribution in [3.8, 4) is 5.75 Å². The highest BCUT2D eigenvalue weighted by Gasteiger charge is 2.06. The zero-order valence-electron chi connectivity index (χ0n) is 13.8. The SMILES string of the molecule is C/C(=N\NC(=O)c1ccc(OCCC(C)C)cc1)c1ccc[nH]1. The highest BCUT2D eigenvalue weighted by Crippen LogP contribution is 2.13. The molecule has 0 saturated carbocycles. The fraction of sp³-hybridized carbons (Fsp3) is 0.333. The molecule has 0 radical (unpaired) electrons. The number of hydrogen-bond donors (Lipinski definition) is 2. The first-order chi connectivity index (χ1) is 11.1. The summed E-state index contributed by atoms with van der Waals surface area (Å²) in [5.41, 5.74) is 4.69. The molecule has 0 aliphatic heterocycles. The minimum absolute atomic E-state index is 0.246. The van der Waals surface area contributed by atoms with Crippen molar-refractivity contribution in [3.63, 3.8) is 0 Å². The molecule has 0 aliphatic carbocycles.